The van der Waals surface area contributed by atoms with Crippen molar-refractivity contribution >= 4 is 11.4 Å². The Morgan fingerprint density at radius 2 is 1.41 bits per heavy atom. The number of rotatable bonds is 5. The maximum Gasteiger partial charge on any atom is 0.0463 e. The summed E-state index contributed by atoms with van der Waals surface area (Å²) in [5, 5.41) is 3.51. The number of hydrogen-bond acceptors (Lipinski definition) is 1. The molecule has 1 heteroatoms. The summed E-state index contributed by atoms with van der Waals surface area (Å²) in [5.74, 6) is 0. The standard InChI is InChI=1S/C21H21N/c1-2-8-17-13-15-18(16-14-17)20-11-6-7-12-21(20)22-19-9-4-3-5-10-19/h3-7,9-16,22H,2,8H2,1H3. The van der Waals surface area contributed by atoms with E-state index >= 15 is 0 Å². The van der Waals surface area contributed by atoms with Crippen LogP contribution in [0.4, 0.5) is 11.4 Å². The van der Waals surface area contributed by atoms with E-state index in [1.807, 2.05) is 18.2 Å². The molecule has 0 heterocycles. The molecule has 22 heavy (non-hydrogen) atoms. The summed E-state index contributed by atoms with van der Waals surface area (Å²) in [6, 6.07) is 27.7. The molecule has 1 nitrogen and oxygen atoms in total. The molecule has 0 aromatic heterocycles. The zero-order valence-corrected chi connectivity index (χ0v) is 12.9. The number of hydrogen-bond donors (Lipinski definition) is 1. The minimum absolute atomic E-state index is 1.11. The van der Waals surface area contributed by atoms with Crippen molar-refractivity contribution in [2.75, 3.05) is 5.32 Å². The fraction of sp³-hybridized carbons (Fsp3) is 0.143. The van der Waals surface area contributed by atoms with Gasteiger partial charge in [0, 0.05) is 16.9 Å². The van der Waals surface area contributed by atoms with Gasteiger partial charge < -0.3 is 5.32 Å². The van der Waals surface area contributed by atoms with Crippen LogP contribution >= 0.6 is 0 Å². The number of para-hydroxylation sites is 2. The molecule has 0 amide bonds. The van der Waals surface area contributed by atoms with Gasteiger partial charge in [-0.2, -0.15) is 0 Å². The van der Waals surface area contributed by atoms with E-state index in [-0.39, 0.29) is 0 Å². The van der Waals surface area contributed by atoms with E-state index in [0.29, 0.717) is 0 Å². The van der Waals surface area contributed by atoms with Crippen LogP contribution in [0.25, 0.3) is 11.1 Å². The Hall–Kier alpha value is -2.54. The second-order valence-corrected chi connectivity index (χ2v) is 5.48. The molecule has 0 aliphatic carbocycles. The van der Waals surface area contributed by atoms with Crippen LogP contribution in [-0.4, -0.2) is 0 Å². The lowest BCUT2D eigenvalue weighted by Gasteiger charge is -2.12. The van der Waals surface area contributed by atoms with Gasteiger partial charge in [-0.15, -0.1) is 0 Å². The van der Waals surface area contributed by atoms with Gasteiger partial charge in [0.05, 0.1) is 0 Å². The predicted octanol–water partition coefficient (Wildman–Crippen LogP) is 6.05. The highest BCUT2D eigenvalue weighted by Gasteiger charge is 2.05. The van der Waals surface area contributed by atoms with Crippen molar-refractivity contribution < 1.29 is 0 Å². The normalized spacial score (nSPS) is 10.4. The third-order valence-electron chi connectivity index (χ3n) is 3.78. The highest BCUT2D eigenvalue weighted by atomic mass is 14.9. The maximum atomic E-state index is 3.51. The molecule has 3 rings (SSSR count). The summed E-state index contributed by atoms with van der Waals surface area (Å²) in [4.78, 5) is 0. The molecule has 0 aliphatic rings. The molecule has 110 valence electrons. The van der Waals surface area contributed by atoms with Crippen molar-refractivity contribution in [1.29, 1.82) is 0 Å². The van der Waals surface area contributed by atoms with Crippen LogP contribution in [0.3, 0.4) is 0 Å². The molecular weight excluding hydrogens is 266 g/mol. The van der Waals surface area contributed by atoms with E-state index < -0.39 is 0 Å². The molecule has 0 bridgehead atoms. The molecule has 0 saturated heterocycles. The molecule has 1 N–H and O–H groups in total. The minimum Gasteiger partial charge on any atom is -0.355 e. The molecule has 3 aromatic rings. The first-order chi connectivity index (χ1) is 10.9. The Bertz CT molecular complexity index is 714. The van der Waals surface area contributed by atoms with Gasteiger partial charge in [-0.05, 0) is 35.7 Å². The quantitative estimate of drug-likeness (QED) is 0.602. The Labute approximate surface area is 132 Å². The summed E-state index contributed by atoms with van der Waals surface area (Å²) in [7, 11) is 0. The average Bonchev–Trinajstić information content (AvgIpc) is 2.58. The lowest BCUT2D eigenvalue weighted by Crippen LogP contribution is -1.93. The molecule has 0 fully saturated rings. The van der Waals surface area contributed by atoms with Crippen LogP contribution < -0.4 is 5.32 Å². The first-order valence-electron chi connectivity index (χ1n) is 7.87. The van der Waals surface area contributed by atoms with Crippen molar-refractivity contribution in [3.05, 3.63) is 84.4 Å². The van der Waals surface area contributed by atoms with Crippen molar-refractivity contribution in [1.82, 2.24) is 0 Å². The van der Waals surface area contributed by atoms with E-state index in [0.717, 1.165) is 17.8 Å². The van der Waals surface area contributed by atoms with E-state index in [4.69, 9.17) is 0 Å². The van der Waals surface area contributed by atoms with Crippen LogP contribution in [0.15, 0.2) is 78.9 Å². The van der Waals surface area contributed by atoms with Crippen LogP contribution in [0.1, 0.15) is 18.9 Å². The van der Waals surface area contributed by atoms with Crippen molar-refractivity contribution in [3.8, 4) is 11.1 Å². The van der Waals surface area contributed by atoms with Gasteiger partial charge in [0.2, 0.25) is 0 Å². The maximum absolute atomic E-state index is 3.51. The smallest absolute Gasteiger partial charge is 0.0463 e. The van der Waals surface area contributed by atoms with Crippen molar-refractivity contribution in [2.24, 2.45) is 0 Å². The monoisotopic (exact) mass is 287 g/mol. The van der Waals surface area contributed by atoms with E-state index in [9.17, 15) is 0 Å². The average molecular weight is 287 g/mol. The first kappa shape index (κ1) is 14.4. The second-order valence-electron chi connectivity index (χ2n) is 5.48. The Kier molecular flexibility index (Phi) is 4.55. The molecule has 0 saturated carbocycles. The van der Waals surface area contributed by atoms with Crippen LogP contribution in [0.2, 0.25) is 0 Å². The van der Waals surface area contributed by atoms with Gasteiger partial charge >= 0.3 is 0 Å². The van der Waals surface area contributed by atoms with E-state index in [1.165, 1.54) is 23.1 Å². The summed E-state index contributed by atoms with van der Waals surface area (Å²) in [6.45, 7) is 2.22. The number of benzene rings is 3. The molecular formula is C21H21N. The van der Waals surface area contributed by atoms with Crippen molar-refractivity contribution in [3.63, 3.8) is 0 Å². The SMILES string of the molecule is CCCc1ccc(-c2ccccc2Nc2ccccc2)cc1. The van der Waals surface area contributed by atoms with E-state index in [2.05, 4.69) is 72.9 Å². The highest BCUT2D eigenvalue weighted by molar-refractivity contribution is 5.81. The number of anilines is 2. The number of aryl methyl sites for hydroxylation is 1. The molecule has 0 unspecified atom stereocenters. The zero-order chi connectivity index (χ0) is 15.2. The van der Waals surface area contributed by atoms with Gasteiger partial charge in [0.25, 0.3) is 0 Å². The topological polar surface area (TPSA) is 12.0 Å². The third-order valence-corrected chi connectivity index (χ3v) is 3.78. The molecule has 0 atom stereocenters. The van der Waals surface area contributed by atoms with Crippen molar-refractivity contribution in [2.45, 2.75) is 19.8 Å². The highest BCUT2D eigenvalue weighted by Crippen LogP contribution is 2.30. The summed E-state index contributed by atoms with van der Waals surface area (Å²) >= 11 is 0. The summed E-state index contributed by atoms with van der Waals surface area (Å²) in [5.41, 5.74) is 6.13. The zero-order valence-electron chi connectivity index (χ0n) is 12.9. The van der Waals surface area contributed by atoms with Gasteiger partial charge in [-0.25, -0.2) is 0 Å². The third kappa shape index (κ3) is 3.37. The summed E-state index contributed by atoms with van der Waals surface area (Å²) < 4.78 is 0. The summed E-state index contributed by atoms with van der Waals surface area (Å²) in [6.07, 6.45) is 2.33. The second kappa shape index (κ2) is 6.95. The fourth-order valence-electron chi connectivity index (χ4n) is 2.66. The number of nitrogens with one attached hydrogen (secondary N) is 1. The van der Waals surface area contributed by atoms with Gasteiger partial charge in [0.15, 0.2) is 0 Å². The van der Waals surface area contributed by atoms with E-state index in [1.54, 1.807) is 0 Å². The van der Waals surface area contributed by atoms with Crippen LogP contribution in [-0.2, 0) is 6.42 Å². The minimum atomic E-state index is 1.11. The van der Waals surface area contributed by atoms with Gasteiger partial charge in [0.1, 0.15) is 0 Å². The molecule has 0 radical (unpaired) electrons. The van der Waals surface area contributed by atoms with Crippen LogP contribution in [0, 0.1) is 0 Å². The van der Waals surface area contributed by atoms with Gasteiger partial charge in [-0.1, -0.05) is 74.0 Å². The largest absolute Gasteiger partial charge is 0.355 e. The molecule has 3 aromatic carbocycles. The Balaban J connectivity index is 1.90. The Morgan fingerprint density at radius 1 is 0.727 bits per heavy atom. The molecule has 0 spiro atoms. The van der Waals surface area contributed by atoms with Gasteiger partial charge in [-0.3, -0.25) is 0 Å². The lowest BCUT2D eigenvalue weighted by atomic mass is 10.0. The first-order valence-corrected chi connectivity index (χ1v) is 7.87. The lowest BCUT2D eigenvalue weighted by molar-refractivity contribution is 0.922. The molecule has 0 aliphatic heterocycles. The Morgan fingerprint density at radius 3 is 2.14 bits per heavy atom. The predicted molar refractivity (Wildman–Crippen MR) is 95.6 cm³/mol. The van der Waals surface area contributed by atoms with Crippen LogP contribution in [0.5, 0.6) is 0 Å². The fourth-order valence-corrected chi connectivity index (χ4v) is 2.66.